The summed E-state index contributed by atoms with van der Waals surface area (Å²) in [5.41, 5.74) is -1.28. The van der Waals surface area contributed by atoms with E-state index in [0.717, 1.165) is 0 Å². The number of hydrogen-bond acceptors (Lipinski definition) is 6. The molecule has 0 aromatic heterocycles. The van der Waals surface area contributed by atoms with Crippen LogP contribution >= 0.6 is 0 Å². The Morgan fingerprint density at radius 1 is 0.593 bits per heavy atom. The number of Topliss-reactive ketones (excluding diaryl/α,β-unsaturated/α-hetero) is 4. The Bertz CT molecular complexity index is 554. The molecule has 0 aliphatic rings. The molecule has 27 heavy (non-hydrogen) atoms. The van der Waals surface area contributed by atoms with Crippen molar-refractivity contribution in [2.45, 2.75) is 55.4 Å². The van der Waals surface area contributed by atoms with Crippen LogP contribution in [0.15, 0.2) is 0 Å². The van der Waals surface area contributed by atoms with E-state index in [1.54, 1.807) is 41.5 Å². The molecule has 0 spiro atoms. The van der Waals surface area contributed by atoms with Crippen molar-refractivity contribution in [1.82, 2.24) is 0 Å². The molecular formula is C18H28FeO8. The van der Waals surface area contributed by atoms with Gasteiger partial charge in [0.05, 0.1) is 11.8 Å². The van der Waals surface area contributed by atoms with E-state index in [0.29, 0.717) is 0 Å². The topological polar surface area (TPSA) is 143 Å². The molecule has 0 aliphatic heterocycles. The number of ketones is 4. The van der Waals surface area contributed by atoms with Gasteiger partial charge in [-0.25, -0.2) is 9.59 Å². The third-order valence-corrected chi connectivity index (χ3v) is 3.49. The molecule has 2 atom stereocenters. The molecular weight excluding hydrogens is 400 g/mol. The molecule has 9 heteroatoms. The number of aliphatic carboxylic acids is 2. The van der Waals surface area contributed by atoms with Crippen LogP contribution in [0.4, 0.5) is 0 Å². The molecule has 0 radical (unpaired) electrons. The minimum Gasteiger partial charge on any atom is -0.475 e. The summed E-state index contributed by atoms with van der Waals surface area (Å²) in [6.45, 7) is 12.5. The molecule has 0 bridgehead atoms. The van der Waals surface area contributed by atoms with Crippen molar-refractivity contribution in [2.24, 2.45) is 22.7 Å². The number of carbonyl (C=O) groups excluding carboxylic acids is 4. The maximum absolute atomic E-state index is 11.1. The van der Waals surface area contributed by atoms with Crippen molar-refractivity contribution in [3.8, 4) is 0 Å². The summed E-state index contributed by atoms with van der Waals surface area (Å²) in [6.07, 6.45) is 0. The molecule has 2 N–H and O–H groups in total. The molecule has 0 rings (SSSR count). The van der Waals surface area contributed by atoms with Gasteiger partial charge in [-0.05, 0) is 24.7 Å². The average molecular weight is 428 g/mol. The van der Waals surface area contributed by atoms with E-state index in [1.165, 1.54) is 13.8 Å². The van der Waals surface area contributed by atoms with E-state index in [-0.39, 0.29) is 17.1 Å². The second-order valence-electron chi connectivity index (χ2n) is 8.16. The molecule has 2 unspecified atom stereocenters. The van der Waals surface area contributed by atoms with Gasteiger partial charge in [0.25, 0.3) is 11.6 Å². The van der Waals surface area contributed by atoms with Crippen LogP contribution in [0.2, 0.25) is 0 Å². The van der Waals surface area contributed by atoms with Gasteiger partial charge in [-0.3, -0.25) is 19.2 Å². The first-order chi connectivity index (χ1) is 11.4. The Morgan fingerprint density at radius 3 is 0.815 bits per heavy atom. The third-order valence-electron chi connectivity index (χ3n) is 3.49. The second kappa shape index (κ2) is 11.1. The summed E-state index contributed by atoms with van der Waals surface area (Å²) in [7, 11) is 0. The van der Waals surface area contributed by atoms with Crippen LogP contribution in [-0.2, 0) is 45.8 Å². The number of hydrogen-bond donors (Lipinski definition) is 2. The first-order valence-electron chi connectivity index (χ1n) is 7.90. The van der Waals surface area contributed by atoms with Gasteiger partial charge in [0.15, 0.2) is 0 Å². The van der Waals surface area contributed by atoms with Gasteiger partial charge >= 0.3 is 11.9 Å². The summed E-state index contributed by atoms with van der Waals surface area (Å²) >= 11 is 0. The van der Waals surface area contributed by atoms with Crippen LogP contribution in [0.5, 0.6) is 0 Å². The number of carbonyl (C=O) groups is 6. The molecule has 0 saturated carbocycles. The van der Waals surface area contributed by atoms with Crippen LogP contribution in [0.3, 0.4) is 0 Å². The van der Waals surface area contributed by atoms with E-state index in [2.05, 4.69) is 0 Å². The van der Waals surface area contributed by atoms with Gasteiger partial charge in [0.2, 0.25) is 0 Å². The SMILES string of the molecule is CC(=O)C(C(=O)C(=O)O)C(C)(C)C.CC(=O)C(C(=O)C(=O)O)C(C)(C)C.[Fe]. The van der Waals surface area contributed by atoms with Gasteiger partial charge in [0, 0.05) is 17.1 Å². The summed E-state index contributed by atoms with van der Waals surface area (Å²) in [6, 6.07) is 0. The standard InChI is InChI=1S/2C9H14O4.Fe/c2*1-5(10)6(9(2,3)4)7(11)8(12)13;/h2*6H,1-4H3,(H,12,13);. The quantitative estimate of drug-likeness (QED) is 0.370. The number of rotatable bonds is 6. The van der Waals surface area contributed by atoms with Crippen molar-refractivity contribution in [2.75, 3.05) is 0 Å². The molecule has 0 amide bonds. The van der Waals surface area contributed by atoms with Crippen molar-refractivity contribution in [1.29, 1.82) is 0 Å². The zero-order valence-electron chi connectivity index (χ0n) is 16.9. The monoisotopic (exact) mass is 428 g/mol. The first-order valence-corrected chi connectivity index (χ1v) is 7.90. The largest absolute Gasteiger partial charge is 0.475 e. The summed E-state index contributed by atoms with van der Waals surface area (Å²) in [5.74, 6) is -8.06. The smallest absolute Gasteiger partial charge is 0.372 e. The van der Waals surface area contributed by atoms with Gasteiger partial charge in [-0.1, -0.05) is 41.5 Å². The molecule has 0 heterocycles. The maximum Gasteiger partial charge on any atom is 0.372 e. The van der Waals surface area contributed by atoms with Crippen LogP contribution in [-0.4, -0.2) is 45.3 Å². The number of carboxylic acid groups (broad SMARTS) is 2. The normalized spacial score (nSPS) is 13.0. The van der Waals surface area contributed by atoms with Crippen LogP contribution in [0, 0.1) is 22.7 Å². The molecule has 0 aromatic rings. The fourth-order valence-corrected chi connectivity index (χ4v) is 2.62. The molecule has 0 aliphatic carbocycles. The molecule has 0 fully saturated rings. The molecule has 8 nitrogen and oxygen atoms in total. The van der Waals surface area contributed by atoms with Gasteiger partial charge < -0.3 is 10.2 Å². The summed E-state index contributed by atoms with van der Waals surface area (Å²) < 4.78 is 0. The number of carboxylic acids is 2. The summed E-state index contributed by atoms with van der Waals surface area (Å²) in [5, 5.41) is 16.9. The van der Waals surface area contributed by atoms with Crippen molar-refractivity contribution < 1.29 is 56.0 Å². The first kappa shape index (κ1) is 29.9. The predicted octanol–water partition coefficient (Wildman–Crippen LogP) is 1.78. The Morgan fingerprint density at radius 2 is 0.778 bits per heavy atom. The van der Waals surface area contributed by atoms with Crippen molar-refractivity contribution in [3.05, 3.63) is 0 Å². The van der Waals surface area contributed by atoms with Crippen LogP contribution in [0.1, 0.15) is 55.4 Å². The second-order valence-corrected chi connectivity index (χ2v) is 8.16. The van der Waals surface area contributed by atoms with Gasteiger partial charge in [-0.15, -0.1) is 0 Å². The fourth-order valence-electron chi connectivity index (χ4n) is 2.62. The molecule has 156 valence electrons. The van der Waals surface area contributed by atoms with E-state index in [9.17, 15) is 28.8 Å². The fraction of sp³-hybridized carbons (Fsp3) is 0.667. The third kappa shape index (κ3) is 10.2. The van der Waals surface area contributed by atoms with E-state index in [1.807, 2.05) is 0 Å². The zero-order valence-corrected chi connectivity index (χ0v) is 18.0. The Labute approximate surface area is 169 Å². The maximum atomic E-state index is 11.1. The van der Waals surface area contributed by atoms with E-state index < -0.39 is 57.7 Å². The summed E-state index contributed by atoms with van der Waals surface area (Å²) in [4.78, 5) is 65.1. The minimum absolute atomic E-state index is 0. The van der Waals surface area contributed by atoms with Gasteiger partial charge in [0.1, 0.15) is 11.6 Å². The Balaban J connectivity index is -0.000000411. The molecule has 0 aromatic carbocycles. The van der Waals surface area contributed by atoms with Crippen LogP contribution in [0.25, 0.3) is 0 Å². The minimum atomic E-state index is -1.55. The average Bonchev–Trinajstić information content (AvgIpc) is 2.34. The zero-order chi connectivity index (χ0) is 21.6. The van der Waals surface area contributed by atoms with Crippen molar-refractivity contribution >= 4 is 35.1 Å². The van der Waals surface area contributed by atoms with E-state index >= 15 is 0 Å². The van der Waals surface area contributed by atoms with Crippen molar-refractivity contribution in [3.63, 3.8) is 0 Å². The predicted molar refractivity (Wildman–Crippen MR) is 92.5 cm³/mol. The Kier molecular flexibility index (Phi) is 12.3. The molecule has 0 saturated heterocycles. The van der Waals surface area contributed by atoms with Crippen LogP contribution < -0.4 is 0 Å². The van der Waals surface area contributed by atoms with E-state index in [4.69, 9.17) is 10.2 Å². The Hall–Kier alpha value is -1.86. The van der Waals surface area contributed by atoms with Gasteiger partial charge in [-0.2, -0.15) is 0 Å².